The summed E-state index contributed by atoms with van der Waals surface area (Å²) in [6.45, 7) is 11.6. The Labute approximate surface area is 307 Å². The quantitative estimate of drug-likeness (QED) is 0.175. The van der Waals surface area contributed by atoms with E-state index < -0.39 is 0 Å². The van der Waals surface area contributed by atoms with Crippen LogP contribution in [-0.4, -0.2) is 0 Å². The van der Waals surface area contributed by atoms with Crippen molar-refractivity contribution in [3.05, 3.63) is 191 Å². The molecule has 2 aliphatic rings. The Morgan fingerprint density at radius 3 is 1.90 bits per heavy atom. The van der Waals surface area contributed by atoms with Crippen molar-refractivity contribution in [2.24, 2.45) is 0 Å². The van der Waals surface area contributed by atoms with Crippen LogP contribution in [0.5, 0.6) is 0 Å². The third-order valence-electron chi connectivity index (χ3n) is 12.6. The summed E-state index contributed by atoms with van der Waals surface area (Å²) in [5.41, 5.74) is 20.2. The molecule has 0 heteroatoms. The van der Waals surface area contributed by atoms with E-state index in [1.807, 2.05) is 0 Å². The van der Waals surface area contributed by atoms with E-state index in [0.29, 0.717) is 0 Å². The molecule has 0 saturated heterocycles. The Morgan fingerprint density at radius 2 is 1.04 bits per heavy atom. The summed E-state index contributed by atoms with van der Waals surface area (Å²) >= 11 is 0. The SMILES string of the molecule is Cc1ccc2cc(-c3cccc4c3-c3ccccc3C4(C)Cc3c(C)ccc4cc(-c5ccc6c(c5)-c5ccccc5C6(C)C)ccc34)ccc2c1. The number of hydrogen-bond donors (Lipinski definition) is 0. The van der Waals surface area contributed by atoms with Crippen molar-refractivity contribution < 1.29 is 0 Å². The van der Waals surface area contributed by atoms with E-state index in [0.717, 1.165) is 6.42 Å². The van der Waals surface area contributed by atoms with E-state index >= 15 is 0 Å². The molecule has 0 aliphatic heterocycles. The van der Waals surface area contributed by atoms with Crippen LogP contribution in [0.15, 0.2) is 152 Å². The van der Waals surface area contributed by atoms with Crippen molar-refractivity contribution in [1.82, 2.24) is 0 Å². The van der Waals surface area contributed by atoms with Gasteiger partial charge in [0.05, 0.1) is 0 Å². The van der Waals surface area contributed by atoms with Gasteiger partial charge in [-0.2, -0.15) is 0 Å². The first-order chi connectivity index (χ1) is 25.2. The molecule has 0 N–H and O–H groups in total. The molecule has 0 spiro atoms. The highest BCUT2D eigenvalue weighted by molar-refractivity contribution is 5.97. The Kier molecular flexibility index (Phi) is 6.65. The van der Waals surface area contributed by atoms with E-state index in [1.54, 1.807) is 0 Å². The predicted molar refractivity (Wildman–Crippen MR) is 221 cm³/mol. The van der Waals surface area contributed by atoms with Crippen LogP contribution >= 0.6 is 0 Å². The van der Waals surface area contributed by atoms with Crippen molar-refractivity contribution in [1.29, 1.82) is 0 Å². The number of fused-ring (bicyclic) bond motifs is 8. The Bertz CT molecular complexity index is 2770. The van der Waals surface area contributed by atoms with E-state index in [9.17, 15) is 0 Å². The molecule has 8 aromatic rings. The van der Waals surface area contributed by atoms with Crippen molar-refractivity contribution >= 4 is 21.5 Å². The predicted octanol–water partition coefficient (Wildman–Crippen LogP) is 13.8. The lowest BCUT2D eigenvalue weighted by atomic mass is 9.73. The number of aryl methyl sites for hydroxylation is 2. The van der Waals surface area contributed by atoms with Crippen molar-refractivity contribution in [2.45, 2.75) is 51.9 Å². The second-order valence-electron chi connectivity index (χ2n) is 16.1. The van der Waals surface area contributed by atoms with Gasteiger partial charge in [-0.15, -0.1) is 0 Å². The zero-order valence-electron chi connectivity index (χ0n) is 30.6. The van der Waals surface area contributed by atoms with Crippen LogP contribution in [0.3, 0.4) is 0 Å². The van der Waals surface area contributed by atoms with Crippen LogP contribution in [0.2, 0.25) is 0 Å². The van der Waals surface area contributed by atoms with Gasteiger partial charge in [-0.3, -0.25) is 0 Å². The molecule has 1 atom stereocenters. The zero-order chi connectivity index (χ0) is 35.4. The van der Waals surface area contributed by atoms with Crippen molar-refractivity contribution in [2.75, 3.05) is 0 Å². The summed E-state index contributed by atoms with van der Waals surface area (Å²) in [6.07, 6.45) is 0.935. The van der Waals surface area contributed by atoms with Gasteiger partial charge in [0.1, 0.15) is 0 Å². The summed E-state index contributed by atoms with van der Waals surface area (Å²) in [5.74, 6) is 0. The first-order valence-corrected chi connectivity index (χ1v) is 18.7. The molecule has 2 aliphatic carbocycles. The largest absolute Gasteiger partial charge is 0.0619 e. The molecule has 250 valence electrons. The van der Waals surface area contributed by atoms with Gasteiger partial charge in [0.2, 0.25) is 0 Å². The molecule has 0 aromatic heterocycles. The van der Waals surface area contributed by atoms with Crippen LogP contribution in [0, 0.1) is 13.8 Å². The van der Waals surface area contributed by atoms with E-state index in [2.05, 4.69) is 186 Å². The van der Waals surface area contributed by atoms with E-state index in [4.69, 9.17) is 0 Å². The van der Waals surface area contributed by atoms with Gasteiger partial charge in [-0.25, -0.2) is 0 Å². The van der Waals surface area contributed by atoms with Crippen LogP contribution in [0.1, 0.15) is 59.7 Å². The average molecular weight is 667 g/mol. The van der Waals surface area contributed by atoms with Crippen molar-refractivity contribution in [3.8, 4) is 44.5 Å². The molecule has 0 bridgehead atoms. The van der Waals surface area contributed by atoms with E-state index in [1.165, 1.54) is 105 Å². The van der Waals surface area contributed by atoms with Gasteiger partial charge < -0.3 is 0 Å². The summed E-state index contributed by atoms with van der Waals surface area (Å²) in [4.78, 5) is 0. The Hall–Kier alpha value is -5.72. The van der Waals surface area contributed by atoms with Gasteiger partial charge in [0.25, 0.3) is 0 Å². The minimum absolute atomic E-state index is 0.0172. The molecule has 10 rings (SSSR count). The van der Waals surface area contributed by atoms with Gasteiger partial charge in [-0.05, 0) is 138 Å². The topological polar surface area (TPSA) is 0 Å². The first-order valence-electron chi connectivity index (χ1n) is 18.7. The van der Waals surface area contributed by atoms with E-state index in [-0.39, 0.29) is 10.8 Å². The van der Waals surface area contributed by atoms with Gasteiger partial charge in [-0.1, -0.05) is 160 Å². The van der Waals surface area contributed by atoms with Crippen LogP contribution < -0.4 is 0 Å². The minimum atomic E-state index is -0.173. The Balaban J connectivity index is 1.07. The fraction of sp³-hybridized carbons (Fsp3) is 0.154. The number of benzene rings is 8. The molecular weight excluding hydrogens is 625 g/mol. The minimum Gasteiger partial charge on any atom is -0.0619 e. The second-order valence-corrected chi connectivity index (χ2v) is 16.1. The standard InChI is InChI=1S/C52H42/c1-32-17-19-35-29-39(22-21-34(35)27-32)41-13-10-16-49-50(41)43-12-7-9-15-48(43)52(49,5)31-45-33(2)18-20-38-28-36(23-25-40(38)45)37-24-26-47-44(30-37)42-11-6-8-14-46(42)51(47,3)4/h6-30H,31H2,1-5H3. The fourth-order valence-electron chi connectivity index (χ4n) is 9.76. The summed E-state index contributed by atoms with van der Waals surface area (Å²) < 4.78 is 0. The highest BCUT2D eigenvalue weighted by Crippen LogP contribution is 2.54. The monoisotopic (exact) mass is 666 g/mol. The molecule has 52 heavy (non-hydrogen) atoms. The molecule has 0 heterocycles. The summed E-state index contributed by atoms with van der Waals surface area (Å²) in [7, 11) is 0. The molecule has 0 saturated carbocycles. The number of hydrogen-bond acceptors (Lipinski definition) is 0. The second kappa shape index (κ2) is 11.1. The molecule has 1 unspecified atom stereocenters. The molecular formula is C52H42. The maximum Gasteiger partial charge on any atom is 0.0227 e. The summed E-state index contributed by atoms with van der Waals surface area (Å²) in [6, 6.07) is 57.6. The maximum atomic E-state index is 2.47. The third kappa shape index (κ3) is 4.47. The molecule has 0 fully saturated rings. The van der Waals surface area contributed by atoms with Crippen LogP contribution in [0.25, 0.3) is 66.1 Å². The molecule has 0 amide bonds. The van der Waals surface area contributed by atoms with Crippen LogP contribution in [0.4, 0.5) is 0 Å². The lowest BCUT2D eigenvalue weighted by Gasteiger charge is -2.29. The maximum absolute atomic E-state index is 2.47. The highest BCUT2D eigenvalue weighted by Gasteiger charge is 2.41. The lowest BCUT2D eigenvalue weighted by Crippen LogP contribution is -2.24. The first kappa shape index (κ1) is 31.1. The Morgan fingerprint density at radius 1 is 0.423 bits per heavy atom. The van der Waals surface area contributed by atoms with Gasteiger partial charge in [0.15, 0.2) is 0 Å². The number of rotatable bonds is 4. The van der Waals surface area contributed by atoms with Crippen LogP contribution in [-0.2, 0) is 17.3 Å². The molecule has 0 radical (unpaired) electrons. The average Bonchev–Trinajstić information content (AvgIpc) is 3.56. The third-order valence-corrected chi connectivity index (χ3v) is 12.6. The van der Waals surface area contributed by atoms with Gasteiger partial charge >= 0.3 is 0 Å². The van der Waals surface area contributed by atoms with Crippen molar-refractivity contribution in [3.63, 3.8) is 0 Å². The lowest BCUT2D eigenvalue weighted by molar-refractivity contribution is 0.584. The normalized spacial score (nSPS) is 16.5. The fourth-order valence-corrected chi connectivity index (χ4v) is 9.76. The summed E-state index contributed by atoms with van der Waals surface area (Å²) in [5, 5.41) is 5.23. The molecule has 0 nitrogen and oxygen atoms in total. The van der Waals surface area contributed by atoms with Gasteiger partial charge in [0, 0.05) is 10.8 Å². The smallest absolute Gasteiger partial charge is 0.0227 e. The highest BCUT2D eigenvalue weighted by atomic mass is 14.4. The molecule has 8 aromatic carbocycles. The zero-order valence-corrected chi connectivity index (χ0v) is 30.6.